The van der Waals surface area contributed by atoms with Gasteiger partial charge in [-0.25, -0.2) is 0 Å². The van der Waals surface area contributed by atoms with E-state index < -0.39 is 5.91 Å². The number of carbonyl (C=O) groups excluding carboxylic acids is 1. The molecule has 14 heavy (non-hydrogen) atoms. The Morgan fingerprint density at radius 2 is 2.57 bits per heavy atom. The average molecular weight is 194 g/mol. The topological polar surface area (TPSA) is 72.9 Å². The molecule has 0 aromatic carbocycles. The monoisotopic (exact) mass is 194 g/mol. The van der Waals surface area contributed by atoms with Gasteiger partial charge in [0.05, 0.1) is 6.04 Å². The molecular weight excluding hydrogens is 180 g/mol. The Kier molecular flexibility index (Phi) is 2.49. The summed E-state index contributed by atoms with van der Waals surface area (Å²) >= 11 is 0. The van der Waals surface area contributed by atoms with Crippen molar-refractivity contribution in [2.24, 2.45) is 5.73 Å². The molecule has 1 aliphatic heterocycles. The molecule has 1 aliphatic rings. The van der Waals surface area contributed by atoms with Crippen molar-refractivity contribution in [3.05, 3.63) is 18.0 Å². The molecule has 0 spiro atoms. The van der Waals surface area contributed by atoms with Gasteiger partial charge in [0, 0.05) is 12.7 Å². The second-order valence-electron chi connectivity index (χ2n) is 3.55. The number of nitrogens with two attached hydrogens (primary N) is 1. The lowest BCUT2D eigenvalue weighted by molar-refractivity contribution is 0.0994. The van der Waals surface area contributed by atoms with E-state index in [-0.39, 0.29) is 0 Å². The van der Waals surface area contributed by atoms with Crippen LogP contribution >= 0.6 is 0 Å². The number of piperidine rings is 1. The van der Waals surface area contributed by atoms with Crippen LogP contribution in [0.25, 0.3) is 0 Å². The molecule has 2 rings (SSSR count). The second-order valence-corrected chi connectivity index (χ2v) is 3.55. The fraction of sp³-hybridized carbons (Fsp3) is 0.556. The first-order chi connectivity index (χ1) is 6.77. The van der Waals surface area contributed by atoms with Gasteiger partial charge in [0.1, 0.15) is 5.69 Å². The van der Waals surface area contributed by atoms with Crippen molar-refractivity contribution in [1.82, 2.24) is 15.1 Å². The highest BCUT2D eigenvalue weighted by Gasteiger charge is 2.16. The van der Waals surface area contributed by atoms with Crippen LogP contribution in [0.4, 0.5) is 0 Å². The molecule has 1 unspecified atom stereocenters. The highest BCUT2D eigenvalue weighted by Crippen LogP contribution is 2.15. The van der Waals surface area contributed by atoms with Gasteiger partial charge in [0.2, 0.25) is 0 Å². The van der Waals surface area contributed by atoms with Crippen LogP contribution in [-0.4, -0.2) is 28.8 Å². The highest BCUT2D eigenvalue weighted by molar-refractivity contribution is 5.90. The number of hydrogen-bond acceptors (Lipinski definition) is 3. The van der Waals surface area contributed by atoms with E-state index in [9.17, 15) is 4.79 Å². The molecule has 0 radical (unpaired) electrons. The SMILES string of the molecule is NC(=O)c1ccn(C2CCCNC2)n1. The Hall–Kier alpha value is -1.36. The number of nitrogens with one attached hydrogen (secondary N) is 1. The molecule has 5 nitrogen and oxygen atoms in total. The van der Waals surface area contributed by atoms with E-state index in [0.717, 1.165) is 25.9 Å². The summed E-state index contributed by atoms with van der Waals surface area (Å²) in [5.41, 5.74) is 5.47. The average Bonchev–Trinajstić information content (AvgIpc) is 2.68. The van der Waals surface area contributed by atoms with Crippen LogP contribution in [0.3, 0.4) is 0 Å². The summed E-state index contributed by atoms with van der Waals surface area (Å²) in [5.74, 6) is -0.465. The number of hydrogen-bond donors (Lipinski definition) is 2. The molecular formula is C9H14N4O. The van der Waals surface area contributed by atoms with Crippen molar-refractivity contribution >= 4 is 5.91 Å². The third-order valence-corrected chi connectivity index (χ3v) is 2.51. The molecule has 1 fully saturated rings. The summed E-state index contributed by atoms with van der Waals surface area (Å²) < 4.78 is 1.83. The summed E-state index contributed by atoms with van der Waals surface area (Å²) in [6.07, 6.45) is 4.07. The molecule has 1 aromatic heterocycles. The fourth-order valence-electron chi connectivity index (χ4n) is 1.73. The van der Waals surface area contributed by atoms with Crippen molar-refractivity contribution in [2.45, 2.75) is 18.9 Å². The van der Waals surface area contributed by atoms with Gasteiger partial charge in [0.25, 0.3) is 5.91 Å². The van der Waals surface area contributed by atoms with E-state index in [1.54, 1.807) is 6.07 Å². The Balaban J connectivity index is 2.11. The Bertz CT molecular complexity index is 327. The van der Waals surface area contributed by atoms with E-state index in [4.69, 9.17) is 5.73 Å². The number of rotatable bonds is 2. The van der Waals surface area contributed by atoms with Crippen LogP contribution in [0.2, 0.25) is 0 Å². The van der Waals surface area contributed by atoms with E-state index in [0.29, 0.717) is 11.7 Å². The van der Waals surface area contributed by atoms with Crippen molar-refractivity contribution in [3.8, 4) is 0 Å². The van der Waals surface area contributed by atoms with Crippen LogP contribution < -0.4 is 11.1 Å². The van der Waals surface area contributed by atoms with Crippen LogP contribution in [0, 0.1) is 0 Å². The van der Waals surface area contributed by atoms with Crippen molar-refractivity contribution in [2.75, 3.05) is 13.1 Å². The van der Waals surface area contributed by atoms with Gasteiger partial charge in [-0.1, -0.05) is 0 Å². The third-order valence-electron chi connectivity index (χ3n) is 2.51. The maximum atomic E-state index is 10.8. The minimum atomic E-state index is -0.465. The molecule has 0 saturated carbocycles. The number of carbonyl (C=O) groups is 1. The van der Waals surface area contributed by atoms with Crippen LogP contribution in [0.15, 0.2) is 12.3 Å². The van der Waals surface area contributed by atoms with E-state index in [1.807, 2.05) is 10.9 Å². The van der Waals surface area contributed by atoms with Gasteiger partial charge in [-0.05, 0) is 25.5 Å². The molecule has 5 heteroatoms. The summed E-state index contributed by atoms with van der Waals surface area (Å²) in [7, 11) is 0. The highest BCUT2D eigenvalue weighted by atomic mass is 16.1. The van der Waals surface area contributed by atoms with Crippen LogP contribution in [0.5, 0.6) is 0 Å². The summed E-state index contributed by atoms with van der Waals surface area (Å²) in [4.78, 5) is 10.8. The second kappa shape index (κ2) is 3.79. The minimum Gasteiger partial charge on any atom is -0.364 e. The zero-order valence-corrected chi connectivity index (χ0v) is 7.94. The van der Waals surface area contributed by atoms with Crippen LogP contribution in [-0.2, 0) is 0 Å². The lowest BCUT2D eigenvalue weighted by Crippen LogP contribution is -2.32. The molecule has 1 amide bonds. The Morgan fingerprint density at radius 1 is 1.71 bits per heavy atom. The lowest BCUT2D eigenvalue weighted by atomic mass is 10.1. The Labute approximate surface area is 82.3 Å². The number of aromatic nitrogens is 2. The largest absolute Gasteiger partial charge is 0.364 e. The van der Waals surface area contributed by atoms with Gasteiger partial charge in [0.15, 0.2) is 0 Å². The molecule has 3 N–H and O–H groups in total. The number of nitrogens with zero attached hydrogens (tertiary/aromatic N) is 2. The molecule has 1 aromatic rings. The first-order valence-electron chi connectivity index (χ1n) is 4.83. The summed E-state index contributed by atoms with van der Waals surface area (Å²) in [6, 6.07) is 2.02. The van der Waals surface area contributed by atoms with Gasteiger partial charge in [-0.2, -0.15) is 5.10 Å². The normalized spacial score (nSPS) is 22.1. The first-order valence-corrected chi connectivity index (χ1v) is 4.83. The first kappa shape index (κ1) is 9.21. The molecule has 2 heterocycles. The predicted octanol–water partition coefficient (Wildman–Crippen LogP) is -0.0935. The predicted molar refractivity (Wildman–Crippen MR) is 51.9 cm³/mol. The van der Waals surface area contributed by atoms with E-state index in [1.165, 1.54) is 0 Å². The van der Waals surface area contributed by atoms with E-state index in [2.05, 4.69) is 10.4 Å². The molecule has 76 valence electrons. The molecule has 1 saturated heterocycles. The third kappa shape index (κ3) is 1.77. The molecule has 0 bridgehead atoms. The Morgan fingerprint density at radius 3 is 3.14 bits per heavy atom. The zero-order chi connectivity index (χ0) is 9.97. The maximum absolute atomic E-state index is 10.8. The number of amides is 1. The van der Waals surface area contributed by atoms with Crippen molar-refractivity contribution in [3.63, 3.8) is 0 Å². The van der Waals surface area contributed by atoms with E-state index >= 15 is 0 Å². The number of primary amides is 1. The quantitative estimate of drug-likeness (QED) is 0.691. The molecule has 0 aliphatic carbocycles. The standard InChI is InChI=1S/C9H14N4O/c10-9(14)8-3-5-13(12-8)7-2-1-4-11-6-7/h3,5,7,11H,1-2,4,6H2,(H2,10,14). The smallest absolute Gasteiger partial charge is 0.269 e. The molecule has 1 atom stereocenters. The van der Waals surface area contributed by atoms with Crippen molar-refractivity contribution in [1.29, 1.82) is 0 Å². The maximum Gasteiger partial charge on any atom is 0.269 e. The summed E-state index contributed by atoms with van der Waals surface area (Å²) in [6.45, 7) is 1.99. The van der Waals surface area contributed by atoms with Gasteiger partial charge in [-0.3, -0.25) is 9.48 Å². The lowest BCUT2D eigenvalue weighted by Gasteiger charge is -2.22. The van der Waals surface area contributed by atoms with Crippen LogP contribution in [0.1, 0.15) is 29.4 Å². The minimum absolute atomic E-state index is 0.343. The zero-order valence-electron chi connectivity index (χ0n) is 7.94. The fourth-order valence-corrected chi connectivity index (χ4v) is 1.73. The summed E-state index contributed by atoms with van der Waals surface area (Å²) in [5, 5.41) is 7.43. The van der Waals surface area contributed by atoms with Crippen molar-refractivity contribution < 1.29 is 4.79 Å². The van der Waals surface area contributed by atoms with Gasteiger partial charge in [-0.15, -0.1) is 0 Å². The van der Waals surface area contributed by atoms with Gasteiger partial charge < -0.3 is 11.1 Å². The van der Waals surface area contributed by atoms with Gasteiger partial charge >= 0.3 is 0 Å².